The van der Waals surface area contributed by atoms with Gasteiger partial charge in [0.25, 0.3) is 0 Å². The highest BCUT2D eigenvalue weighted by atomic mass is 35.5. The number of aryl methyl sites for hydroxylation is 2. The van der Waals surface area contributed by atoms with Crippen LogP contribution in [0.3, 0.4) is 0 Å². The van der Waals surface area contributed by atoms with E-state index in [2.05, 4.69) is 0 Å². The van der Waals surface area contributed by atoms with E-state index in [0.29, 0.717) is 41.8 Å². The molecule has 0 saturated carbocycles. The molecule has 0 aromatic heterocycles. The summed E-state index contributed by atoms with van der Waals surface area (Å²) in [5.74, 6) is -1.63. The first-order valence-electron chi connectivity index (χ1n) is 7.07. The predicted octanol–water partition coefficient (Wildman–Crippen LogP) is 6.20. The fraction of sp³-hybridized carbons (Fsp3) is 0.294. The van der Waals surface area contributed by atoms with Gasteiger partial charge in [-0.1, -0.05) is 17.7 Å². The van der Waals surface area contributed by atoms with Crippen LogP contribution >= 0.6 is 11.6 Å². The summed E-state index contributed by atoms with van der Waals surface area (Å²) in [4.78, 5) is 0. The lowest BCUT2D eigenvalue weighted by Gasteiger charge is -2.09. The second-order valence-corrected chi connectivity index (χ2v) is 5.66. The van der Waals surface area contributed by atoms with Crippen molar-refractivity contribution in [3.05, 3.63) is 69.7 Å². The zero-order chi connectivity index (χ0) is 17.0. The van der Waals surface area contributed by atoms with Crippen LogP contribution in [0.2, 0.25) is 5.02 Å². The molecule has 0 nitrogen and oxygen atoms in total. The van der Waals surface area contributed by atoms with Gasteiger partial charge in [-0.05, 0) is 67.1 Å². The monoisotopic (exact) mass is 348 g/mol. The van der Waals surface area contributed by atoms with Crippen LogP contribution in [0.1, 0.15) is 29.5 Å². The van der Waals surface area contributed by atoms with Crippen molar-refractivity contribution in [2.24, 2.45) is 0 Å². The van der Waals surface area contributed by atoms with E-state index in [9.17, 15) is 22.0 Å². The van der Waals surface area contributed by atoms with E-state index in [-0.39, 0.29) is 5.82 Å². The van der Waals surface area contributed by atoms with Crippen molar-refractivity contribution in [2.75, 3.05) is 0 Å². The molecule has 0 atom stereocenters. The Balaban J connectivity index is 1.89. The highest BCUT2D eigenvalue weighted by Crippen LogP contribution is 2.31. The minimum Gasteiger partial charge on any atom is -0.207 e. The normalized spacial score (nSPS) is 11.7. The Bertz CT molecular complexity index is 679. The maximum atomic E-state index is 13.4. The predicted molar refractivity (Wildman–Crippen MR) is 79.5 cm³/mol. The molecule has 6 heteroatoms. The standard InChI is InChI=1S/C17H14ClF5/c18-15-8-6-13(19)10-12(15)4-2-1-3-11-5-7-14(16(20)9-11)17(21,22)23/h5-10H,1-4H2. The fourth-order valence-corrected chi connectivity index (χ4v) is 2.54. The minimum absolute atomic E-state index is 0.366. The van der Waals surface area contributed by atoms with Crippen LogP contribution < -0.4 is 0 Å². The number of unbranched alkanes of at least 4 members (excludes halogenated alkanes) is 1. The molecule has 0 amide bonds. The van der Waals surface area contributed by atoms with E-state index in [1.807, 2.05) is 0 Å². The number of halogens is 6. The summed E-state index contributed by atoms with van der Waals surface area (Å²) in [6.07, 6.45) is -2.37. The van der Waals surface area contributed by atoms with Crippen molar-refractivity contribution in [3.63, 3.8) is 0 Å². The third-order valence-corrected chi connectivity index (χ3v) is 3.88. The Morgan fingerprint density at radius 1 is 0.870 bits per heavy atom. The number of rotatable bonds is 5. The van der Waals surface area contributed by atoms with Gasteiger partial charge in [0.05, 0.1) is 5.56 Å². The first-order chi connectivity index (χ1) is 10.8. The van der Waals surface area contributed by atoms with Crippen molar-refractivity contribution in [3.8, 4) is 0 Å². The maximum absolute atomic E-state index is 13.4. The molecule has 0 saturated heterocycles. The van der Waals surface area contributed by atoms with Gasteiger partial charge in [0.2, 0.25) is 0 Å². The van der Waals surface area contributed by atoms with Crippen molar-refractivity contribution < 1.29 is 22.0 Å². The molecule has 23 heavy (non-hydrogen) atoms. The van der Waals surface area contributed by atoms with E-state index in [0.717, 1.165) is 12.1 Å². The molecule has 2 aromatic carbocycles. The van der Waals surface area contributed by atoms with Crippen LogP contribution in [0, 0.1) is 11.6 Å². The Morgan fingerprint density at radius 3 is 2.22 bits per heavy atom. The molecule has 0 aliphatic heterocycles. The maximum Gasteiger partial charge on any atom is 0.419 e. The van der Waals surface area contributed by atoms with Gasteiger partial charge in [0, 0.05) is 5.02 Å². The summed E-state index contributed by atoms with van der Waals surface area (Å²) < 4.78 is 63.9. The lowest BCUT2D eigenvalue weighted by Crippen LogP contribution is -2.08. The smallest absolute Gasteiger partial charge is 0.207 e. The van der Waals surface area contributed by atoms with Crippen LogP contribution in [-0.2, 0) is 19.0 Å². The van der Waals surface area contributed by atoms with Gasteiger partial charge in [0.15, 0.2) is 0 Å². The third-order valence-electron chi connectivity index (χ3n) is 3.51. The molecular weight excluding hydrogens is 335 g/mol. The van der Waals surface area contributed by atoms with Crippen molar-refractivity contribution in [1.82, 2.24) is 0 Å². The average Bonchev–Trinajstić information content (AvgIpc) is 2.45. The molecule has 0 radical (unpaired) electrons. The minimum atomic E-state index is -4.68. The van der Waals surface area contributed by atoms with E-state index in [1.54, 1.807) is 0 Å². The second kappa shape index (κ2) is 7.30. The Hall–Kier alpha value is -1.62. The summed E-state index contributed by atoms with van der Waals surface area (Å²) in [7, 11) is 0. The summed E-state index contributed by atoms with van der Waals surface area (Å²) in [6, 6.07) is 7.07. The summed E-state index contributed by atoms with van der Waals surface area (Å²) in [6.45, 7) is 0. The van der Waals surface area contributed by atoms with Crippen molar-refractivity contribution >= 4 is 11.6 Å². The lowest BCUT2D eigenvalue weighted by molar-refractivity contribution is -0.140. The first kappa shape index (κ1) is 17.7. The first-order valence-corrected chi connectivity index (χ1v) is 7.45. The summed E-state index contributed by atoms with van der Waals surface area (Å²) >= 11 is 5.95. The van der Waals surface area contributed by atoms with E-state index in [1.165, 1.54) is 24.3 Å². The highest BCUT2D eigenvalue weighted by molar-refractivity contribution is 6.31. The topological polar surface area (TPSA) is 0 Å². The van der Waals surface area contributed by atoms with Crippen molar-refractivity contribution in [2.45, 2.75) is 31.9 Å². The van der Waals surface area contributed by atoms with Gasteiger partial charge in [-0.15, -0.1) is 0 Å². The zero-order valence-electron chi connectivity index (χ0n) is 12.1. The second-order valence-electron chi connectivity index (χ2n) is 5.25. The molecule has 0 unspecified atom stereocenters. The van der Waals surface area contributed by atoms with Gasteiger partial charge < -0.3 is 0 Å². The molecule has 0 spiro atoms. The van der Waals surface area contributed by atoms with Crippen molar-refractivity contribution in [1.29, 1.82) is 0 Å². The molecule has 0 fully saturated rings. The van der Waals surface area contributed by atoms with Gasteiger partial charge >= 0.3 is 6.18 Å². The quantitative estimate of drug-likeness (QED) is 0.445. The van der Waals surface area contributed by atoms with E-state index in [4.69, 9.17) is 11.6 Å². The number of alkyl halides is 3. The molecule has 124 valence electrons. The number of hydrogen-bond donors (Lipinski definition) is 0. The Kier molecular flexibility index (Phi) is 5.63. The van der Waals surface area contributed by atoms with Gasteiger partial charge in [0.1, 0.15) is 11.6 Å². The summed E-state index contributed by atoms with van der Waals surface area (Å²) in [5.41, 5.74) is -0.0705. The van der Waals surface area contributed by atoms with Crippen LogP contribution in [0.25, 0.3) is 0 Å². The molecule has 2 aromatic rings. The Morgan fingerprint density at radius 2 is 1.57 bits per heavy atom. The third kappa shape index (κ3) is 4.93. The Labute approximate surface area is 135 Å². The molecule has 0 N–H and O–H groups in total. The van der Waals surface area contributed by atoms with Gasteiger partial charge in [-0.25, -0.2) is 8.78 Å². The van der Waals surface area contributed by atoms with E-state index >= 15 is 0 Å². The molecule has 0 aliphatic rings. The lowest BCUT2D eigenvalue weighted by atomic mass is 10.0. The zero-order valence-corrected chi connectivity index (χ0v) is 12.8. The SMILES string of the molecule is Fc1ccc(Cl)c(CCCCc2ccc(C(F)(F)F)c(F)c2)c1. The molecule has 0 bridgehead atoms. The number of hydrogen-bond acceptors (Lipinski definition) is 0. The average molecular weight is 349 g/mol. The molecule has 0 heterocycles. The molecule has 0 aliphatic carbocycles. The number of benzene rings is 2. The van der Waals surface area contributed by atoms with Crippen LogP contribution in [0.4, 0.5) is 22.0 Å². The summed E-state index contributed by atoms with van der Waals surface area (Å²) in [5, 5.41) is 0.479. The van der Waals surface area contributed by atoms with Crippen LogP contribution in [0.5, 0.6) is 0 Å². The fourth-order valence-electron chi connectivity index (χ4n) is 2.32. The molecule has 2 rings (SSSR count). The van der Waals surface area contributed by atoms with E-state index < -0.39 is 17.6 Å². The van der Waals surface area contributed by atoms with Gasteiger partial charge in [-0.3, -0.25) is 0 Å². The van der Waals surface area contributed by atoms with Gasteiger partial charge in [-0.2, -0.15) is 13.2 Å². The highest BCUT2D eigenvalue weighted by Gasteiger charge is 2.33. The largest absolute Gasteiger partial charge is 0.419 e. The van der Waals surface area contributed by atoms with Crippen LogP contribution in [-0.4, -0.2) is 0 Å². The van der Waals surface area contributed by atoms with Crippen LogP contribution in [0.15, 0.2) is 36.4 Å². The molecular formula is C17H14ClF5.